The molecule has 1 aromatic heterocycles. The molecular formula is C18H15F2N3O3S. The van der Waals surface area contributed by atoms with Crippen molar-refractivity contribution in [1.82, 2.24) is 9.97 Å². The van der Waals surface area contributed by atoms with Gasteiger partial charge in [-0.2, -0.15) is 9.97 Å². The summed E-state index contributed by atoms with van der Waals surface area (Å²) in [6.45, 7) is 3.16. The van der Waals surface area contributed by atoms with Gasteiger partial charge in [-0.25, -0.2) is 17.2 Å². The summed E-state index contributed by atoms with van der Waals surface area (Å²) >= 11 is 0. The molecule has 0 saturated heterocycles. The fourth-order valence-electron chi connectivity index (χ4n) is 2.31. The van der Waals surface area contributed by atoms with Crippen molar-refractivity contribution in [2.24, 2.45) is 0 Å². The van der Waals surface area contributed by atoms with E-state index in [9.17, 15) is 17.2 Å². The van der Waals surface area contributed by atoms with E-state index in [1.54, 1.807) is 38.1 Å². The molecule has 0 aliphatic rings. The van der Waals surface area contributed by atoms with Gasteiger partial charge in [0.15, 0.2) is 11.6 Å². The van der Waals surface area contributed by atoms with Gasteiger partial charge in [0.1, 0.15) is 5.75 Å². The number of para-hydroxylation sites is 1. The van der Waals surface area contributed by atoms with Gasteiger partial charge in [0.25, 0.3) is 10.0 Å². The first-order chi connectivity index (χ1) is 12.8. The Kier molecular flexibility index (Phi) is 5.04. The van der Waals surface area contributed by atoms with E-state index in [0.717, 1.165) is 12.1 Å². The van der Waals surface area contributed by atoms with Crippen LogP contribution in [0.4, 0.5) is 14.5 Å². The van der Waals surface area contributed by atoms with Crippen LogP contribution in [0.5, 0.6) is 11.8 Å². The number of rotatable bonds is 5. The number of aromatic nitrogens is 2. The monoisotopic (exact) mass is 391 g/mol. The summed E-state index contributed by atoms with van der Waals surface area (Å²) < 4.78 is 59.2. The molecule has 0 radical (unpaired) electrons. The van der Waals surface area contributed by atoms with E-state index in [0.29, 0.717) is 23.2 Å². The highest BCUT2D eigenvalue weighted by Crippen LogP contribution is 2.26. The lowest BCUT2D eigenvalue weighted by molar-refractivity contribution is 0.439. The van der Waals surface area contributed by atoms with Gasteiger partial charge in [0.2, 0.25) is 0 Å². The van der Waals surface area contributed by atoms with Gasteiger partial charge in [-0.1, -0.05) is 18.2 Å². The molecule has 1 N–H and O–H groups in total. The minimum Gasteiger partial charge on any atom is -0.424 e. The van der Waals surface area contributed by atoms with Crippen LogP contribution >= 0.6 is 0 Å². The molecule has 0 bridgehead atoms. The van der Waals surface area contributed by atoms with E-state index < -0.39 is 26.6 Å². The summed E-state index contributed by atoms with van der Waals surface area (Å²) in [7, 11) is -4.15. The number of nitrogens with zero attached hydrogens (tertiary/aromatic N) is 2. The van der Waals surface area contributed by atoms with Crippen LogP contribution in [0.25, 0.3) is 0 Å². The topological polar surface area (TPSA) is 81.2 Å². The van der Waals surface area contributed by atoms with Gasteiger partial charge in [-0.3, -0.25) is 4.72 Å². The summed E-state index contributed by atoms with van der Waals surface area (Å²) in [6.07, 6.45) is 0. The smallest absolute Gasteiger partial charge is 0.322 e. The Bertz CT molecular complexity index is 1070. The quantitative estimate of drug-likeness (QED) is 0.712. The SMILES string of the molecule is Cc1nc(Oc2ccccc2)nc(C)c1NS(=O)(=O)c1ccc(F)c(F)c1. The molecule has 0 spiro atoms. The van der Waals surface area contributed by atoms with E-state index in [4.69, 9.17) is 4.74 Å². The first kappa shape index (κ1) is 18.7. The Morgan fingerprint density at radius 1 is 0.926 bits per heavy atom. The molecule has 0 saturated carbocycles. The molecule has 0 amide bonds. The first-order valence-corrected chi connectivity index (χ1v) is 9.30. The normalized spacial score (nSPS) is 11.3. The summed E-state index contributed by atoms with van der Waals surface area (Å²) in [5.74, 6) is -1.85. The van der Waals surface area contributed by atoms with Crippen LogP contribution in [0.15, 0.2) is 53.4 Å². The maximum atomic E-state index is 13.4. The number of aryl methyl sites for hydroxylation is 2. The Balaban J connectivity index is 1.89. The van der Waals surface area contributed by atoms with Crippen LogP contribution in [0.2, 0.25) is 0 Å². The van der Waals surface area contributed by atoms with Crippen LogP contribution in [0, 0.1) is 25.5 Å². The van der Waals surface area contributed by atoms with Crippen LogP contribution in [-0.4, -0.2) is 18.4 Å². The van der Waals surface area contributed by atoms with Crippen molar-refractivity contribution in [3.05, 3.63) is 71.6 Å². The number of hydrogen-bond acceptors (Lipinski definition) is 5. The van der Waals surface area contributed by atoms with Crippen LogP contribution in [0.3, 0.4) is 0 Å². The standard InChI is InChI=1S/C18H15F2N3O3S/c1-11-17(23-27(24,25)14-8-9-15(19)16(20)10-14)12(2)22-18(21-11)26-13-6-4-3-5-7-13/h3-10,23H,1-2H3. The minimum absolute atomic E-state index is 0.0620. The Labute approximate surface area is 154 Å². The summed E-state index contributed by atoms with van der Waals surface area (Å²) in [5.41, 5.74) is 0.777. The molecule has 1 heterocycles. The van der Waals surface area contributed by atoms with Crippen LogP contribution in [0.1, 0.15) is 11.4 Å². The molecular weight excluding hydrogens is 376 g/mol. The largest absolute Gasteiger partial charge is 0.424 e. The summed E-state index contributed by atoms with van der Waals surface area (Å²) in [6, 6.07) is 11.3. The third kappa shape index (κ3) is 4.20. The molecule has 0 aliphatic carbocycles. The molecule has 0 aliphatic heterocycles. The molecule has 0 atom stereocenters. The van der Waals surface area contributed by atoms with Gasteiger partial charge >= 0.3 is 6.01 Å². The van der Waals surface area contributed by atoms with E-state index >= 15 is 0 Å². The third-order valence-corrected chi connectivity index (χ3v) is 4.99. The van der Waals surface area contributed by atoms with E-state index in [1.807, 2.05) is 6.07 Å². The highest BCUT2D eigenvalue weighted by molar-refractivity contribution is 7.92. The average molecular weight is 391 g/mol. The molecule has 6 nitrogen and oxygen atoms in total. The van der Waals surface area contributed by atoms with Gasteiger partial charge in [-0.15, -0.1) is 0 Å². The third-order valence-electron chi connectivity index (χ3n) is 3.64. The zero-order valence-electron chi connectivity index (χ0n) is 14.4. The number of anilines is 1. The zero-order chi connectivity index (χ0) is 19.6. The van der Waals surface area contributed by atoms with Gasteiger partial charge < -0.3 is 4.74 Å². The Hall–Kier alpha value is -3.07. The van der Waals surface area contributed by atoms with Crippen molar-refractivity contribution in [3.8, 4) is 11.8 Å². The molecule has 3 aromatic rings. The number of nitrogens with one attached hydrogen (secondary N) is 1. The molecule has 0 unspecified atom stereocenters. The lowest BCUT2D eigenvalue weighted by Crippen LogP contribution is -2.16. The average Bonchev–Trinajstić information content (AvgIpc) is 2.61. The fourth-order valence-corrected chi connectivity index (χ4v) is 3.50. The second kappa shape index (κ2) is 7.28. The number of benzene rings is 2. The fraction of sp³-hybridized carbons (Fsp3) is 0.111. The highest BCUT2D eigenvalue weighted by atomic mass is 32.2. The van der Waals surface area contributed by atoms with Crippen molar-refractivity contribution < 1.29 is 21.9 Å². The van der Waals surface area contributed by atoms with Crippen molar-refractivity contribution in [3.63, 3.8) is 0 Å². The molecule has 140 valence electrons. The molecule has 0 fully saturated rings. The number of ether oxygens (including phenoxy) is 1. The second-order valence-corrected chi connectivity index (χ2v) is 7.33. The number of halogens is 2. The minimum atomic E-state index is -4.15. The maximum Gasteiger partial charge on any atom is 0.322 e. The first-order valence-electron chi connectivity index (χ1n) is 7.82. The van der Waals surface area contributed by atoms with E-state index in [2.05, 4.69) is 14.7 Å². The van der Waals surface area contributed by atoms with Crippen molar-refractivity contribution in [2.75, 3.05) is 4.72 Å². The summed E-state index contributed by atoms with van der Waals surface area (Å²) in [4.78, 5) is 7.88. The van der Waals surface area contributed by atoms with Gasteiger partial charge in [0.05, 0.1) is 22.0 Å². The lowest BCUT2D eigenvalue weighted by atomic mass is 10.3. The van der Waals surface area contributed by atoms with E-state index in [1.165, 1.54) is 0 Å². The van der Waals surface area contributed by atoms with E-state index in [-0.39, 0.29) is 11.7 Å². The molecule has 3 rings (SSSR count). The highest BCUT2D eigenvalue weighted by Gasteiger charge is 2.20. The van der Waals surface area contributed by atoms with Crippen molar-refractivity contribution in [2.45, 2.75) is 18.7 Å². The Morgan fingerprint density at radius 3 is 2.15 bits per heavy atom. The lowest BCUT2D eigenvalue weighted by Gasteiger charge is -2.14. The van der Waals surface area contributed by atoms with Crippen molar-refractivity contribution in [1.29, 1.82) is 0 Å². The Morgan fingerprint density at radius 2 is 1.56 bits per heavy atom. The van der Waals surface area contributed by atoms with Crippen LogP contribution in [-0.2, 0) is 10.0 Å². The maximum absolute atomic E-state index is 13.4. The van der Waals surface area contributed by atoms with Crippen LogP contribution < -0.4 is 9.46 Å². The predicted octanol–water partition coefficient (Wildman–Crippen LogP) is 3.96. The van der Waals surface area contributed by atoms with Crippen molar-refractivity contribution >= 4 is 15.7 Å². The number of sulfonamides is 1. The van der Waals surface area contributed by atoms with Gasteiger partial charge in [-0.05, 0) is 44.2 Å². The molecule has 27 heavy (non-hydrogen) atoms. The molecule has 2 aromatic carbocycles. The predicted molar refractivity (Wildman–Crippen MR) is 95.2 cm³/mol. The number of hydrogen-bond donors (Lipinski definition) is 1. The second-order valence-electron chi connectivity index (χ2n) is 5.65. The zero-order valence-corrected chi connectivity index (χ0v) is 15.2. The summed E-state index contributed by atoms with van der Waals surface area (Å²) in [5, 5.41) is 0. The van der Waals surface area contributed by atoms with Gasteiger partial charge in [0, 0.05) is 0 Å². The molecule has 9 heteroatoms.